The van der Waals surface area contributed by atoms with Crippen LogP contribution in [-0.2, 0) is 9.59 Å². The van der Waals surface area contributed by atoms with Crippen LogP contribution in [0.2, 0.25) is 0 Å². The highest BCUT2D eigenvalue weighted by Gasteiger charge is 2.38. The molecule has 2 unspecified atom stereocenters. The van der Waals surface area contributed by atoms with Gasteiger partial charge in [0.15, 0.2) is 0 Å². The number of carbonyl (C=O) groups is 2. The molecule has 4 atom stereocenters. The standard InChI is InChI=1S/C21H29NO4/c1-14(15-7-9-18(26-2)10-8-15)19(21(24)25)11-20(23)22-12-16-5-3-4-6-17(16)13-22/h7-10,14,16-17,19H,3-6,11-13H2,1-2H3,(H,24,25)/t14?,16-,17+,19?. The van der Waals surface area contributed by atoms with Gasteiger partial charge in [-0.3, -0.25) is 9.59 Å². The maximum Gasteiger partial charge on any atom is 0.307 e. The predicted octanol–water partition coefficient (Wildman–Crippen LogP) is 3.54. The lowest BCUT2D eigenvalue weighted by Crippen LogP contribution is -2.33. The molecule has 5 nitrogen and oxygen atoms in total. The molecular weight excluding hydrogens is 330 g/mol. The van der Waals surface area contributed by atoms with Crippen LogP contribution in [0.15, 0.2) is 24.3 Å². The number of rotatable bonds is 6. The van der Waals surface area contributed by atoms with Gasteiger partial charge in [0.25, 0.3) is 0 Å². The van der Waals surface area contributed by atoms with E-state index < -0.39 is 11.9 Å². The lowest BCUT2D eigenvalue weighted by atomic mass is 9.82. The molecule has 0 bridgehead atoms. The highest BCUT2D eigenvalue weighted by molar-refractivity contribution is 5.83. The van der Waals surface area contributed by atoms with Gasteiger partial charge in [-0.15, -0.1) is 0 Å². The number of methoxy groups -OCH3 is 1. The van der Waals surface area contributed by atoms with E-state index in [1.54, 1.807) is 7.11 Å². The first-order chi connectivity index (χ1) is 12.5. The van der Waals surface area contributed by atoms with E-state index >= 15 is 0 Å². The Morgan fingerprint density at radius 2 is 1.73 bits per heavy atom. The summed E-state index contributed by atoms with van der Waals surface area (Å²) in [5, 5.41) is 9.71. The molecule has 1 N–H and O–H groups in total. The van der Waals surface area contributed by atoms with E-state index in [-0.39, 0.29) is 18.2 Å². The van der Waals surface area contributed by atoms with Gasteiger partial charge in [-0.1, -0.05) is 31.9 Å². The number of carbonyl (C=O) groups excluding carboxylic acids is 1. The van der Waals surface area contributed by atoms with Crippen molar-refractivity contribution in [2.75, 3.05) is 20.2 Å². The summed E-state index contributed by atoms with van der Waals surface area (Å²) in [6, 6.07) is 7.43. The van der Waals surface area contributed by atoms with Crippen LogP contribution in [0.4, 0.5) is 0 Å². The van der Waals surface area contributed by atoms with Gasteiger partial charge in [-0.2, -0.15) is 0 Å². The molecule has 142 valence electrons. The Bertz CT molecular complexity index is 628. The van der Waals surface area contributed by atoms with E-state index in [0.717, 1.165) is 24.4 Å². The molecule has 26 heavy (non-hydrogen) atoms. The number of hydrogen-bond acceptors (Lipinski definition) is 3. The zero-order chi connectivity index (χ0) is 18.7. The SMILES string of the molecule is COc1ccc(C(C)C(CC(=O)N2C[C@H]3CCCC[C@H]3C2)C(=O)O)cc1. The summed E-state index contributed by atoms with van der Waals surface area (Å²) in [4.78, 5) is 26.5. The maximum absolute atomic E-state index is 12.8. The third kappa shape index (κ3) is 4.02. The van der Waals surface area contributed by atoms with E-state index in [4.69, 9.17) is 4.74 Å². The Kier molecular flexibility index (Phi) is 5.84. The van der Waals surface area contributed by atoms with E-state index in [2.05, 4.69) is 0 Å². The minimum atomic E-state index is -0.904. The van der Waals surface area contributed by atoms with Crippen molar-refractivity contribution < 1.29 is 19.4 Å². The molecule has 1 amide bonds. The van der Waals surface area contributed by atoms with Crippen molar-refractivity contribution in [3.05, 3.63) is 29.8 Å². The summed E-state index contributed by atoms with van der Waals surface area (Å²) in [7, 11) is 1.60. The minimum Gasteiger partial charge on any atom is -0.497 e. The molecule has 1 aromatic carbocycles. The molecule has 0 spiro atoms. The Balaban J connectivity index is 1.65. The van der Waals surface area contributed by atoms with Gasteiger partial charge < -0.3 is 14.7 Å². The summed E-state index contributed by atoms with van der Waals surface area (Å²) in [6.45, 7) is 3.51. The van der Waals surface area contributed by atoms with E-state index in [1.807, 2.05) is 36.1 Å². The second-order valence-electron chi connectivity index (χ2n) is 7.81. The third-order valence-electron chi connectivity index (χ3n) is 6.29. The second-order valence-corrected chi connectivity index (χ2v) is 7.81. The zero-order valence-corrected chi connectivity index (χ0v) is 15.7. The molecule has 1 saturated heterocycles. The number of nitrogens with zero attached hydrogens (tertiary/aromatic N) is 1. The molecule has 2 fully saturated rings. The van der Waals surface area contributed by atoms with Crippen LogP contribution >= 0.6 is 0 Å². The maximum atomic E-state index is 12.8. The normalized spacial score (nSPS) is 24.6. The number of carboxylic acids is 1. The van der Waals surface area contributed by atoms with Crippen molar-refractivity contribution in [1.29, 1.82) is 0 Å². The molecule has 0 radical (unpaired) electrons. The number of carboxylic acid groups (broad SMARTS) is 1. The van der Waals surface area contributed by atoms with Crippen molar-refractivity contribution in [1.82, 2.24) is 4.90 Å². The van der Waals surface area contributed by atoms with Crippen LogP contribution in [0, 0.1) is 17.8 Å². The van der Waals surface area contributed by atoms with E-state index in [1.165, 1.54) is 25.7 Å². The topological polar surface area (TPSA) is 66.8 Å². The summed E-state index contributed by atoms with van der Waals surface area (Å²) in [5.74, 6) is 0.129. The van der Waals surface area contributed by atoms with Crippen molar-refractivity contribution in [3.63, 3.8) is 0 Å². The van der Waals surface area contributed by atoms with Gasteiger partial charge in [-0.25, -0.2) is 0 Å². The summed E-state index contributed by atoms with van der Waals surface area (Å²) in [5.41, 5.74) is 0.918. The fourth-order valence-corrected chi connectivity index (χ4v) is 4.54. The number of fused-ring (bicyclic) bond motifs is 1. The molecule has 1 aliphatic heterocycles. The quantitative estimate of drug-likeness (QED) is 0.844. The smallest absolute Gasteiger partial charge is 0.307 e. The van der Waals surface area contributed by atoms with E-state index in [9.17, 15) is 14.7 Å². The van der Waals surface area contributed by atoms with Crippen molar-refractivity contribution >= 4 is 11.9 Å². The number of aliphatic carboxylic acids is 1. The monoisotopic (exact) mass is 359 g/mol. The zero-order valence-electron chi connectivity index (χ0n) is 15.7. The van der Waals surface area contributed by atoms with Crippen LogP contribution in [0.25, 0.3) is 0 Å². The molecule has 3 rings (SSSR count). The average molecular weight is 359 g/mol. The Morgan fingerprint density at radius 1 is 1.15 bits per heavy atom. The largest absolute Gasteiger partial charge is 0.497 e. The third-order valence-corrected chi connectivity index (χ3v) is 6.29. The van der Waals surface area contributed by atoms with Crippen LogP contribution < -0.4 is 4.74 Å². The first kappa shape index (κ1) is 18.7. The molecule has 0 aromatic heterocycles. The number of hydrogen-bond donors (Lipinski definition) is 1. The van der Waals surface area contributed by atoms with Crippen molar-refractivity contribution in [2.45, 2.75) is 44.9 Å². The fourth-order valence-electron chi connectivity index (χ4n) is 4.54. The Morgan fingerprint density at radius 3 is 2.23 bits per heavy atom. The highest BCUT2D eigenvalue weighted by Crippen LogP contribution is 2.37. The van der Waals surface area contributed by atoms with Gasteiger partial charge in [-0.05, 0) is 48.3 Å². The van der Waals surface area contributed by atoms with Crippen LogP contribution in [0.3, 0.4) is 0 Å². The number of benzene rings is 1. The summed E-state index contributed by atoms with van der Waals surface area (Å²) >= 11 is 0. The number of ether oxygens (including phenoxy) is 1. The van der Waals surface area contributed by atoms with Crippen LogP contribution in [0.1, 0.15) is 50.5 Å². The highest BCUT2D eigenvalue weighted by atomic mass is 16.5. The molecule has 2 aliphatic rings. The van der Waals surface area contributed by atoms with E-state index in [0.29, 0.717) is 11.8 Å². The Hall–Kier alpha value is -2.04. The molecular formula is C21H29NO4. The molecule has 1 aliphatic carbocycles. The first-order valence-corrected chi connectivity index (χ1v) is 9.64. The first-order valence-electron chi connectivity index (χ1n) is 9.64. The average Bonchev–Trinajstić information content (AvgIpc) is 3.09. The lowest BCUT2D eigenvalue weighted by molar-refractivity contribution is -0.146. The van der Waals surface area contributed by atoms with Gasteiger partial charge in [0.05, 0.1) is 13.0 Å². The van der Waals surface area contributed by atoms with Crippen molar-refractivity contribution in [3.8, 4) is 5.75 Å². The summed E-state index contributed by atoms with van der Waals surface area (Å²) in [6.07, 6.45) is 5.00. The number of likely N-dealkylation sites (tertiary alicyclic amines) is 1. The van der Waals surface area contributed by atoms with Gasteiger partial charge in [0.2, 0.25) is 5.91 Å². The van der Waals surface area contributed by atoms with Crippen LogP contribution in [-0.4, -0.2) is 42.1 Å². The van der Waals surface area contributed by atoms with Gasteiger partial charge >= 0.3 is 5.97 Å². The predicted molar refractivity (Wildman–Crippen MR) is 99.2 cm³/mol. The summed E-state index contributed by atoms with van der Waals surface area (Å²) < 4.78 is 5.16. The molecule has 1 saturated carbocycles. The van der Waals surface area contributed by atoms with Crippen molar-refractivity contribution in [2.24, 2.45) is 17.8 Å². The fraction of sp³-hybridized carbons (Fsp3) is 0.619. The molecule has 5 heteroatoms. The van der Waals surface area contributed by atoms with Gasteiger partial charge in [0.1, 0.15) is 5.75 Å². The van der Waals surface area contributed by atoms with Gasteiger partial charge in [0, 0.05) is 19.5 Å². The van der Waals surface area contributed by atoms with Crippen LogP contribution in [0.5, 0.6) is 5.75 Å². The Labute approximate surface area is 155 Å². The number of amides is 1. The lowest BCUT2D eigenvalue weighted by Gasteiger charge is -2.23. The minimum absolute atomic E-state index is 0.00726. The molecule has 1 heterocycles. The second kappa shape index (κ2) is 8.11. The molecule has 1 aromatic rings.